The van der Waals surface area contributed by atoms with E-state index in [0.29, 0.717) is 12.6 Å². The molecule has 2 fully saturated rings. The topological polar surface area (TPSA) is 60.4 Å². The Bertz CT molecular complexity index is 712. The van der Waals surface area contributed by atoms with Crippen LogP contribution >= 0.6 is 0 Å². The number of aryl methyl sites for hydroxylation is 1. The van der Waals surface area contributed by atoms with Crippen LogP contribution in [0.25, 0.3) is 0 Å². The van der Waals surface area contributed by atoms with Gasteiger partial charge in [0.05, 0.1) is 11.8 Å². The predicted octanol–water partition coefficient (Wildman–Crippen LogP) is 2.24. The van der Waals surface area contributed by atoms with Crippen molar-refractivity contribution in [2.45, 2.75) is 32.4 Å². The number of ether oxygens (including phenoxy) is 2. The van der Waals surface area contributed by atoms with E-state index in [9.17, 15) is 0 Å². The highest BCUT2D eigenvalue weighted by molar-refractivity contribution is 5.07. The number of likely N-dealkylation sites (tertiary alicyclic amines) is 1. The molecule has 4 rings (SSSR count). The molecule has 6 nitrogen and oxygen atoms in total. The molecule has 4 heterocycles. The van der Waals surface area contributed by atoms with Crippen LogP contribution in [0.3, 0.4) is 0 Å². The Morgan fingerprint density at radius 1 is 1.28 bits per heavy atom. The number of nitrogens with zero attached hydrogens (tertiary/aromatic N) is 4. The largest absolute Gasteiger partial charge is 0.463 e. The number of piperidine rings is 1. The smallest absolute Gasteiger partial charge is 0.316 e. The lowest BCUT2D eigenvalue weighted by molar-refractivity contribution is -0.0430. The van der Waals surface area contributed by atoms with Crippen molar-refractivity contribution < 1.29 is 9.47 Å². The van der Waals surface area contributed by atoms with Gasteiger partial charge < -0.3 is 9.47 Å². The second-order valence-corrected chi connectivity index (χ2v) is 7.06. The fourth-order valence-electron chi connectivity index (χ4n) is 3.91. The van der Waals surface area contributed by atoms with E-state index in [-0.39, 0.29) is 11.5 Å². The molecule has 2 aromatic heterocycles. The molecule has 0 saturated carbocycles. The summed E-state index contributed by atoms with van der Waals surface area (Å²) in [5.41, 5.74) is 2.04. The molecule has 2 saturated heterocycles. The third-order valence-electron chi connectivity index (χ3n) is 5.22. The van der Waals surface area contributed by atoms with Crippen molar-refractivity contribution >= 4 is 0 Å². The molecule has 2 aromatic rings. The first-order valence-electron chi connectivity index (χ1n) is 8.90. The van der Waals surface area contributed by atoms with Crippen molar-refractivity contribution in [3.8, 4) is 6.01 Å². The van der Waals surface area contributed by atoms with Crippen LogP contribution in [0, 0.1) is 12.3 Å². The second-order valence-electron chi connectivity index (χ2n) is 7.06. The average molecular weight is 340 g/mol. The summed E-state index contributed by atoms with van der Waals surface area (Å²) in [4.78, 5) is 15.5. The zero-order chi connectivity index (χ0) is 17.1. The Labute approximate surface area is 148 Å². The summed E-state index contributed by atoms with van der Waals surface area (Å²) in [5.74, 6) is 0. The molecular weight excluding hydrogens is 316 g/mol. The van der Waals surface area contributed by atoms with Gasteiger partial charge >= 0.3 is 6.01 Å². The zero-order valence-corrected chi connectivity index (χ0v) is 14.6. The fraction of sp³-hybridized carbons (Fsp3) is 0.526. The maximum Gasteiger partial charge on any atom is 0.316 e. The molecule has 25 heavy (non-hydrogen) atoms. The second kappa shape index (κ2) is 7.06. The summed E-state index contributed by atoms with van der Waals surface area (Å²) in [6.07, 6.45) is 5.91. The van der Waals surface area contributed by atoms with Crippen LogP contribution in [-0.4, -0.2) is 52.3 Å². The minimum absolute atomic E-state index is 0.0140. The van der Waals surface area contributed by atoms with Gasteiger partial charge in [0.1, 0.15) is 6.61 Å². The van der Waals surface area contributed by atoms with Crippen LogP contribution in [0.2, 0.25) is 0 Å². The van der Waals surface area contributed by atoms with Crippen molar-refractivity contribution in [2.75, 3.05) is 26.3 Å². The highest BCUT2D eigenvalue weighted by atomic mass is 16.5. The van der Waals surface area contributed by atoms with E-state index >= 15 is 0 Å². The third kappa shape index (κ3) is 3.65. The highest BCUT2D eigenvalue weighted by Crippen LogP contribution is 2.41. The van der Waals surface area contributed by atoms with Crippen molar-refractivity contribution in [3.63, 3.8) is 0 Å². The standard InChI is InChI=1S/C19H24N4O2/c1-15-5-9-21-18(22-15)25-14-19-7-11-24-17(19)6-10-23(13-19)12-16-4-2-3-8-20-16/h2-5,8-9,17H,6-7,10-14H2,1H3/t17-,19+/m0/s1. The Hall–Kier alpha value is -2.05. The van der Waals surface area contributed by atoms with Gasteiger partial charge in [0.2, 0.25) is 0 Å². The minimum Gasteiger partial charge on any atom is -0.463 e. The van der Waals surface area contributed by atoms with E-state index in [1.807, 2.05) is 31.3 Å². The molecular formula is C19H24N4O2. The van der Waals surface area contributed by atoms with Gasteiger partial charge in [-0.25, -0.2) is 9.97 Å². The van der Waals surface area contributed by atoms with Gasteiger partial charge in [-0.2, -0.15) is 0 Å². The molecule has 2 aliphatic heterocycles. The van der Waals surface area contributed by atoms with E-state index < -0.39 is 0 Å². The molecule has 0 radical (unpaired) electrons. The predicted molar refractivity (Wildman–Crippen MR) is 93.2 cm³/mol. The highest BCUT2D eigenvalue weighted by Gasteiger charge is 2.48. The van der Waals surface area contributed by atoms with Crippen LogP contribution in [-0.2, 0) is 11.3 Å². The van der Waals surface area contributed by atoms with Gasteiger partial charge in [-0.05, 0) is 38.0 Å². The van der Waals surface area contributed by atoms with Crippen LogP contribution in [0.15, 0.2) is 36.7 Å². The summed E-state index contributed by atoms with van der Waals surface area (Å²) < 4.78 is 12.0. The van der Waals surface area contributed by atoms with Crippen LogP contribution in [0.1, 0.15) is 24.2 Å². The monoisotopic (exact) mass is 340 g/mol. The van der Waals surface area contributed by atoms with Crippen molar-refractivity contribution in [1.82, 2.24) is 19.9 Å². The lowest BCUT2D eigenvalue weighted by Crippen LogP contribution is -2.52. The first-order valence-corrected chi connectivity index (χ1v) is 8.90. The summed E-state index contributed by atoms with van der Waals surface area (Å²) in [7, 11) is 0. The Morgan fingerprint density at radius 2 is 2.24 bits per heavy atom. The van der Waals surface area contributed by atoms with Gasteiger partial charge in [-0.15, -0.1) is 0 Å². The van der Waals surface area contributed by atoms with Crippen LogP contribution < -0.4 is 4.74 Å². The maximum atomic E-state index is 6.01. The van der Waals surface area contributed by atoms with Crippen LogP contribution in [0.5, 0.6) is 6.01 Å². The number of pyridine rings is 1. The molecule has 0 aliphatic carbocycles. The molecule has 0 N–H and O–H groups in total. The lowest BCUT2D eigenvalue weighted by atomic mass is 9.77. The summed E-state index contributed by atoms with van der Waals surface area (Å²) >= 11 is 0. The Balaban J connectivity index is 1.45. The average Bonchev–Trinajstić information content (AvgIpc) is 3.04. The first-order chi connectivity index (χ1) is 12.2. The van der Waals surface area contributed by atoms with E-state index in [4.69, 9.17) is 9.47 Å². The maximum absolute atomic E-state index is 6.01. The first kappa shape index (κ1) is 16.4. The number of aromatic nitrogens is 3. The van der Waals surface area contributed by atoms with Crippen molar-refractivity contribution in [3.05, 3.63) is 48.0 Å². The van der Waals surface area contributed by atoms with Gasteiger partial charge in [0, 0.05) is 49.7 Å². The SMILES string of the molecule is Cc1ccnc(OC[C@]23CCO[C@H]2CCN(Cc2ccccn2)C3)n1. The molecule has 0 bridgehead atoms. The molecule has 0 amide bonds. The van der Waals surface area contributed by atoms with E-state index in [1.54, 1.807) is 6.20 Å². The van der Waals surface area contributed by atoms with Gasteiger partial charge in [-0.1, -0.05) is 6.07 Å². The third-order valence-corrected chi connectivity index (χ3v) is 5.22. The zero-order valence-electron chi connectivity index (χ0n) is 14.6. The van der Waals surface area contributed by atoms with Crippen molar-refractivity contribution in [1.29, 1.82) is 0 Å². The number of fused-ring (bicyclic) bond motifs is 1. The van der Waals surface area contributed by atoms with Gasteiger partial charge in [0.15, 0.2) is 0 Å². The summed E-state index contributed by atoms with van der Waals surface area (Å²) in [6.45, 7) is 6.21. The lowest BCUT2D eigenvalue weighted by Gasteiger charge is -2.43. The molecule has 2 aliphatic rings. The normalized spacial score (nSPS) is 26.4. The minimum atomic E-state index is 0.0140. The molecule has 6 heteroatoms. The van der Waals surface area contributed by atoms with Gasteiger partial charge in [-0.3, -0.25) is 9.88 Å². The number of hydrogen-bond acceptors (Lipinski definition) is 6. The Morgan fingerprint density at radius 3 is 3.08 bits per heavy atom. The molecule has 0 aromatic carbocycles. The molecule has 0 unspecified atom stereocenters. The fourth-order valence-corrected chi connectivity index (χ4v) is 3.91. The van der Waals surface area contributed by atoms with E-state index in [1.165, 1.54) is 0 Å². The quantitative estimate of drug-likeness (QED) is 0.832. The van der Waals surface area contributed by atoms with E-state index in [0.717, 1.165) is 50.5 Å². The molecule has 132 valence electrons. The Kier molecular flexibility index (Phi) is 4.63. The summed E-state index contributed by atoms with van der Waals surface area (Å²) in [5, 5.41) is 0. The van der Waals surface area contributed by atoms with Gasteiger partial charge in [0.25, 0.3) is 0 Å². The summed E-state index contributed by atoms with van der Waals surface area (Å²) in [6, 6.07) is 8.42. The number of rotatable bonds is 5. The van der Waals surface area contributed by atoms with E-state index in [2.05, 4.69) is 25.9 Å². The van der Waals surface area contributed by atoms with Crippen LogP contribution in [0.4, 0.5) is 0 Å². The van der Waals surface area contributed by atoms with Crippen molar-refractivity contribution in [2.24, 2.45) is 5.41 Å². The number of hydrogen-bond donors (Lipinski definition) is 0. The molecule has 0 spiro atoms. The molecule has 2 atom stereocenters.